The first kappa shape index (κ1) is 14.7. The molecule has 1 aliphatic heterocycles. The zero-order chi connectivity index (χ0) is 15.2. The monoisotopic (exact) mass is 301 g/mol. The lowest BCUT2D eigenvalue weighted by Gasteiger charge is -2.26. The number of rotatable bonds is 5. The molecule has 1 aliphatic rings. The third-order valence-electron chi connectivity index (χ3n) is 3.53. The largest absolute Gasteiger partial charge is 0.379 e. The second kappa shape index (κ2) is 7.15. The van der Waals surface area contributed by atoms with Crippen LogP contribution in [0.3, 0.4) is 0 Å². The van der Waals surface area contributed by atoms with E-state index in [9.17, 15) is 4.79 Å². The number of hydrogen-bond donors (Lipinski definition) is 1. The molecule has 22 heavy (non-hydrogen) atoms. The molecule has 2 heterocycles. The zero-order valence-electron chi connectivity index (χ0n) is 12.3. The smallest absolute Gasteiger partial charge is 0.291 e. The predicted octanol–water partition coefficient (Wildman–Crippen LogP) is 0.329. The first-order valence-electron chi connectivity index (χ1n) is 7.38. The summed E-state index contributed by atoms with van der Waals surface area (Å²) in [6, 6.07) is 9.58. The maximum absolute atomic E-state index is 12.0. The molecule has 1 aromatic heterocycles. The van der Waals surface area contributed by atoms with Crippen LogP contribution in [0.15, 0.2) is 36.7 Å². The van der Waals surface area contributed by atoms with Gasteiger partial charge in [0.05, 0.1) is 18.9 Å². The van der Waals surface area contributed by atoms with Gasteiger partial charge < -0.3 is 10.1 Å². The molecule has 0 radical (unpaired) electrons. The number of amides is 1. The summed E-state index contributed by atoms with van der Waals surface area (Å²) >= 11 is 0. The molecule has 1 amide bonds. The molecule has 1 fully saturated rings. The van der Waals surface area contributed by atoms with Crippen molar-refractivity contribution in [2.75, 3.05) is 39.4 Å². The van der Waals surface area contributed by atoms with Crippen LogP contribution < -0.4 is 5.32 Å². The number of aromatic nitrogens is 3. The van der Waals surface area contributed by atoms with Gasteiger partial charge in [0, 0.05) is 26.2 Å². The molecule has 0 bridgehead atoms. The number of nitrogens with zero attached hydrogens (tertiary/aromatic N) is 4. The Bertz CT molecular complexity index is 607. The lowest BCUT2D eigenvalue weighted by atomic mass is 10.3. The number of carbonyl (C=O) groups excluding carboxylic acids is 1. The topological polar surface area (TPSA) is 72.3 Å². The third-order valence-corrected chi connectivity index (χ3v) is 3.53. The maximum Gasteiger partial charge on any atom is 0.291 e. The number of benzene rings is 1. The summed E-state index contributed by atoms with van der Waals surface area (Å²) < 4.78 is 6.88. The van der Waals surface area contributed by atoms with Gasteiger partial charge in [-0.15, -0.1) is 5.10 Å². The number of hydrogen-bond acceptors (Lipinski definition) is 5. The molecule has 1 N–H and O–H groups in total. The Morgan fingerprint density at radius 3 is 2.77 bits per heavy atom. The summed E-state index contributed by atoms with van der Waals surface area (Å²) in [6.45, 7) is 4.74. The number of carbonyl (C=O) groups is 1. The van der Waals surface area contributed by atoms with E-state index in [1.165, 1.54) is 0 Å². The fourth-order valence-corrected chi connectivity index (χ4v) is 2.30. The Labute approximate surface area is 128 Å². The molecule has 0 aliphatic carbocycles. The van der Waals surface area contributed by atoms with E-state index in [1.54, 1.807) is 11.0 Å². The van der Waals surface area contributed by atoms with Crippen LogP contribution in [0.2, 0.25) is 0 Å². The fraction of sp³-hybridized carbons (Fsp3) is 0.400. The SMILES string of the molecule is O=C(NCCN1CCOCC1)c1ncn(-c2ccccc2)n1. The van der Waals surface area contributed by atoms with Crippen LogP contribution in [0.5, 0.6) is 0 Å². The summed E-state index contributed by atoms with van der Waals surface area (Å²) in [5.41, 5.74) is 0.877. The molecular formula is C15H19N5O2. The van der Waals surface area contributed by atoms with Crippen LogP contribution in [-0.2, 0) is 4.74 Å². The highest BCUT2D eigenvalue weighted by molar-refractivity contribution is 5.90. The van der Waals surface area contributed by atoms with Crippen LogP contribution in [0.4, 0.5) is 0 Å². The highest BCUT2D eigenvalue weighted by Crippen LogP contribution is 2.04. The van der Waals surface area contributed by atoms with E-state index in [2.05, 4.69) is 20.3 Å². The molecule has 116 valence electrons. The van der Waals surface area contributed by atoms with Crippen molar-refractivity contribution >= 4 is 5.91 Å². The number of nitrogens with one attached hydrogen (secondary N) is 1. The molecule has 1 aromatic carbocycles. The summed E-state index contributed by atoms with van der Waals surface area (Å²) in [4.78, 5) is 18.4. The van der Waals surface area contributed by atoms with Crippen molar-refractivity contribution in [2.24, 2.45) is 0 Å². The summed E-state index contributed by atoms with van der Waals surface area (Å²) in [5, 5.41) is 7.06. The Hall–Kier alpha value is -2.25. The Morgan fingerprint density at radius 1 is 1.23 bits per heavy atom. The second-order valence-corrected chi connectivity index (χ2v) is 5.06. The van der Waals surface area contributed by atoms with Crippen molar-refractivity contribution in [3.63, 3.8) is 0 Å². The average molecular weight is 301 g/mol. The van der Waals surface area contributed by atoms with E-state index in [0.29, 0.717) is 6.54 Å². The van der Waals surface area contributed by atoms with Crippen LogP contribution in [0.25, 0.3) is 5.69 Å². The highest BCUT2D eigenvalue weighted by atomic mass is 16.5. The number of ether oxygens (including phenoxy) is 1. The summed E-state index contributed by atoms with van der Waals surface area (Å²) in [7, 11) is 0. The van der Waals surface area contributed by atoms with Crippen molar-refractivity contribution in [1.29, 1.82) is 0 Å². The fourth-order valence-electron chi connectivity index (χ4n) is 2.30. The van der Waals surface area contributed by atoms with Crippen LogP contribution in [0, 0.1) is 0 Å². The van der Waals surface area contributed by atoms with E-state index in [0.717, 1.165) is 38.5 Å². The molecule has 2 aromatic rings. The van der Waals surface area contributed by atoms with E-state index in [1.807, 2.05) is 30.3 Å². The molecule has 7 nitrogen and oxygen atoms in total. The Morgan fingerprint density at radius 2 is 2.00 bits per heavy atom. The van der Waals surface area contributed by atoms with Gasteiger partial charge in [-0.05, 0) is 12.1 Å². The van der Waals surface area contributed by atoms with Crippen LogP contribution >= 0.6 is 0 Å². The summed E-state index contributed by atoms with van der Waals surface area (Å²) in [5.74, 6) is -0.0613. The van der Waals surface area contributed by atoms with Crippen molar-refractivity contribution in [3.05, 3.63) is 42.5 Å². The van der Waals surface area contributed by atoms with Gasteiger partial charge in [-0.3, -0.25) is 9.69 Å². The van der Waals surface area contributed by atoms with Gasteiger partial charge in [0.2, 0.25) is 5.82 Å². The molecule has 0 unspecified atom stereocenters. The van der Waals surface area contributed by atoms with Crippen LogP contribution in [-0.4, -0.2) is 65.0 Å². The van der Waals surface area contributed by atoms with E-state index < -0.39 is 0 Å². The quantitative estimate of drug-likeness (QED) is 0.861. The van der Waals surface area contributed by atoms with Crippen molar-refractivity contribution in [3.8, 4) is 5.69 Å². The molecule has 1 saturated heterocycles. The van der Waals surface area contributed by atoms with Crippen LogP contribution in [0.1, 0.15) is 10.6 Å². The normalized spacial score (nSPS) is 15.6. The van der Waals surface area contributed by atoms with E-state index in [4.69, 9.17) is 4.74 Å². The molecule has 0 atom stereocenters. The van der Waals surface area contributed by atoms with Gasteiger partial charge in [0.1, 0.15) is 6.33 Å². The molecule has 0 saturated carbocycles. The van der Waals surface area contributed by atoms with Gasteiger partial charge in [0.15, 0.2) is 0 Å². The van der Waals surface area contributed by atoms with Gasteiger partial charge >= 0.3 is 0 Å². The van der Waals surface area contributed by atoms with E-state index in [-0.39, 0.29) is 11.7 Å². The van der Waals surface area contributed by atoms with Gasteiger partial charge in [-0.25, -0.2) is 9.67 Å². The predicted molar refractivity (Wildman–Crippen MR) is 81.0 cm³/mol. The first-order chi connectivity index (χ1) is 10.8. The van der Waals surface area contributed by atoms with E-state index >= 15 is 0 Å². The Kier molecular flexibility index (Phi) is 4.77. The summed E-state index contributed by atoms with van der Waals surface area (Å²) in [6.07, 6.45) is 1.55. The minimum absolute atomic E-state index is 0.186. The maximum atomic E-state index is 12.0. The standard InChI is InChI=1S/C15H19N5O2/c21-15(16-6-7-19-8-10-22-11-9-19)14-17-12-20(18-14)13-4-2-1-3-5-13/h1-5,12H,6-11H2,(H,16,21). The first-order valence-corrected chi connectivity index (χ1v) is 7.38. The van der Waals surface area contributed by atoms with Gasteiger partial charge in [0.25, 0.3) is 5.91 Å². The third kappa shape index (κ3) is 3.69. The molecular weight excluding hydrogens is 282 g/mol. The second-order valence-electron chi connectivity index (χ2n) is 5.06. The van der Waals surface area contributed by atoms with Gasteiger partial charge in [-0.1, -0.05) is 18.2 Å². The molecule has 3 rings (SSSR count). The van der Waals surface area contributed by atoms with Crippen molar-refractivity contribution in [1.82, 2.24) is 25.0 Å². The molecule has 7 heteroatoms. The zero-order valence-corrected chi connectivity index (χ0v) is 12.3. The lowest BCUT2D eigenvalue weighted by Crippen LogP contribution is -2.41. The minimum atomic E-state index is -0.247. The highest BCUT2D eigenvalue weighted by Gasteiger charge is 2.13. The van der Waals surface area contributed by atoms with Gasteiger partial charge in [-0.2, -0.15) is 0 Å². The van der Waals surface area contributed by atoms with Crippen molar-refractivity contribution < 1.29 is 9.53 Å². The number of para-hydroxylation sites is 1. The minimum Gasteiger partial charge on any atom is -0.379 e. The average Bonchev–Trinajstić information content (AvgIpc) is 3.07. The molecule has 0 spiro atoms. The Balaban J connectivity index is 1.51. The van der Waals surface area contributed by atoms with Crippen molar-refractivity contribution in [2.45, 2.75) is 0 Å². The number of morpholine rings is 1. The lowest BCUT2D eigenvalue weighted by molar-refractivity contribution is 0.0383.